The summed E-state index contributed by atoms with van der Waals surface area (Å²) >= 11 is 1.65. The highest BCUT2D eigenvalue weighted by Gasteiger charge is 2.09. The first-order valence-corrected chi connectivity index (χ1v) is 6.28. The van der Waals surface area contributed by atoms with Crippen LogP contribution in [0, 0.1) is 6.92 Å². The number of ether oxygens (including phenoxy) is 1. The smallest absolute Gasteiger partial charge is 0.124 e. The highest BCUT2D eigenvalue weighted by Crippen LogP contribution is 2.29. The van der Waals surface area contributed by atoms with E-state index < -0.39 is 0 Å². The molecule has 1 N–H and O–H groups in total. The first-order chi connectivity index (χ1) is 8.24. The van der Waals surface area contributed by atoms with Crippen LogP contribution in [-0.2, 0) is 6.42 Å². The Morgan fingerprint density at radius 3 is 2.94 bits per heavy atom. The summed E-state index contributed by atoms with van der Waals surface area (Å²) < 4.78 is 5.20. The van der Waals surface area contributed by atoms with Crippen LogP contribution in [-0.4, -0.2) is 23.8 Å². The van der Waals surface area contributed by atoms with Crippen LogP contribution in [0.2, 0.25) is 0 Å². The molecule has 0 unspecified atom stereocenters. The van der Waals surface area contributed by atoms with Crippen LogP contribution in [0.25, 0.3) is 10.6 Å². The summed E-state index contributed by atoms with van der Waals surface area (Å²) in [6, 6.07) is 7.86. The van der Waals surface area contributed by atoms with Crippen LogP contribution < -0.4 is 4.74 Å². The number of aliphatic hydroxyl groups is 1. The predicted molar refractivity (Wildman–Crippen MR) is 69.6 cm³/mol. The highest BCUT2D eigenvalue weighted by atomic mass is 32.1. The first kappa shape index (κ1) is 12.1. The van der Waals surface area contributed by atoms with Gasteiger partial charge in [-0.1, -0.05) is 12.1 Å². The molecule has 90 valence electrons. The van der Waals surface area contributed by atoms with Crippen molar-refractivity contribution in [2.75, 3.05) is 13.7 Å². The number of thiazole rings is 1. The Labute approximate surface area is 105 Å². The highest BCUT2D eigenvalue weighted by molar-refractivity contribution is 7.15. The van der Waals surface area contributed by atoms with Gasteiger partial charge in [0, 0.05) is 23.5 Å². The number of hydrogen-bond donors (Lipinski definition) is 1. The van der Waals surface area contributed by atoms with Gasteiger partial charge in [-0.2, -0.15) is 0 Å². The van der Waals surface area contributed by atoms with Crippen LogP contribution >= 0.6 is 11.3 Å². The third-order valence-corrected chi connectivity index (χ3v) is 3.62. The average Bonchev–Trinajstić information content (AvgIpc) is 2.72. The fraction of sp³-hybridized carbons (Fsp3) is 0.308. The Hall–Kier alpha value is -1.39. The molecule has 2 rings (SSSR count). The zero-order chi connectivity index (χ0) is 12.3. The van der Waals surface area contributed by atoms with Gasteiger partial charge in [0.2, 0.25) is 0 Å². The third-order valence-electron chi connectivity index (χ3n) is 2.56. The topological polar surface area (TPSA) is 42.4 Å². The average molecular weight is 249 g/mol. The van der Waals surface area contributed by atoms with Crippen molar-refractivity contribution in [1.82, 2.24) is 4.98 Å². The minimum atomic E-state index is 0.141. The van der Waals surface area contributed by atoms with E-state index in [2.05, 4.69) is 4.98 Å². The minimum absolute atomic E-state index is 0.141. The van der Waals surface area contributed by atoms with Crippen LogP contribution in [0.5, 0.6) is 5.75 Å². The molecule has 0 bridgehead atoms. The van der Waals surface area contributed by atoms with Crippen LogP contribution in [0.4, 0.5) is 0 Å². The summed E-state index contributed by atoms with van der Waals surface area (Å²) in [6.07, 6.45) is 0.617. The second-order valence-electron chi connectivity index (χ2n) is 3.73. The third kappa shape index (κ3) is 2.65. The Kier molecular flexibility index (Phi) is 3.76. The molecule has 0 amide bonds. The number of benzene rings is 1. The van der Waals surface area contributed by atoms with Crippen molar-refractivity contribution in [3.8, 4) is 16.3 Å². The number of aryl methyl sites for hydroxylation is 1. The Morgan fingerprint density at radius 1 is 1.41 bits per heavy atom. The minimum Gasteiger partial charge on any atom is -0.497 e. The first-order valence-electron chi connectivity index (χ1n) is 5.46. The van der Waals surface area contributed by atoms with E-state index >= 15 is 0 Å². The summed E-state index contributed by atoms with van der Waals surface area (Å²) in [5.41, 5.74) is 2.04. The molecule has 0 aliphatic rings. The Bertz CT molecular complexity index is 508. The van der Waals surface area contributed by atoms with Crippen molar-refractivity contribution in [1.29, 1.82) is 0 Å². The molecule has 4 heteroatoms. The molecule has 0 aliphatic carbocycles. The zero-order valence-corrected chi connectivity index (χ0v) is 10.8. The molecule has 0 saturated heterocycles. The molecule has 1 heterocycles. The number of hydrogen-bond acceptors (Lipinski definition) is 4. The fourth-order valence-corrected chi connectivity index (χ4v) is 2.60. The molecular weight excluding hydrogens is 234 g/mol. The fourth-order valence-electron chi connectivity index (χ4n) is 1.65. The maximum atomic E-state index is 8.95. The number of rotatable bonds is 4. The van der Waals surface area contributed by atoms with E-state index in [1.165, 1.54) is 0 Å². The van der Waals surface area contributed by atoms with Gasteiger partial charge in [0.05, 0.1) is 12.8 Å². The Morgan fingerprint density at radius 2 is 2.24 bits per heavy atom. The van der Waals surface area contributed by atoms with Crippen molar-refractivity contribution in [2.45, 2.75) is 13.3 Å². The van der Waals surface area contributed by atoms with Gasteiger partial charge >= 0.3 is 0 Å². The van der Waals surface area contributed by atoms with Crippen LogP contribution in [0.3, 0.4) is 0 Å². The maximum absolute atomic E-state index is 8.95. The van der Waals surface area contributed by atoms with Gasteiger partial charge in [-0.3, -0.25) is 0 Å². The molecule has 0 aliphatic heterocycles. The quantitative estimate of drug-likeness (QED) is 0.905. The van der Waals surface area contributed by atoms with Crippen molar-refractivity contribution >= 4 is 11.3 Å². The van der Waals surface area contributed by atoms with Gasteiger partial charge in [-0.15, -0.1) is 11.3 Å². The second-order valence-corrected chi connectivity index (χ2v) is 4.93. The molecular formula is C13H15NO2S. The lowest BCUT2D eigenvalue weighted by atomic mass is 10.2. The molecule has 0 saturated carbocycles. The van der Waals surface area contributed by atoms with Gasteiger partial charge in [0.25, 0.3) is 0 Å². The second kappa shape index (κ2) is 5.29. The van der Waals surface area contributed by atoms with E-state index in [1.807, 2.05) is 31.2 Å². The van der Waals surface area contributed by atoms with E-state index in [0.29, 0.717) is 6.42 Å². The number of aliphatic hydroxyl groups excluding tert-OH is 1. The van der Waals surface area contributed by atoms with Crippen molar-refractivity contribution in [2.24, 2.45) is 0 Å². The van der Waals surface area contributed by atoms with Crippen LogP contribution in [0.1, 0.15) is 10.6 Å². The molecule has 1 aromatic carbocycles. The largest absolute Gasteiger partial charge is 0.497 e. The number of nitrogens with zero attached hydrogens (tertiary/aromatic N) is 1. The van der Waals surface area contributed by atoms with Crippen molar-refractivity contribution in [3.05, 3.63) is 34.8 Å². The molecule has 0 fully saturated rings. The van der Waals surface area contributed by atoms with E-state index in [9.17, 15) is 0 Å². The molecule has 17 heavy (non-hydrogen) atoms. The van der Waals surface area contributed by atoms with E-state index in [0.717, 1.165) is 26.9 Å². The molecule has 3 nitrogen and oxygen atoms in total. The molecule has 0 spiro atoms. The normalized spacial score (nSPS) is 10.5. The van der Waals surface area contributed by atoms with Gasteiger partial charge in [-0.25, -0.2) is 4.98 Å². The van der Waals surface area contributed by atoms with Gasteiger partial charge < -0.3 is 9.84 Å². The van der Waals surface area contributed by atoms with Gasteiger partial charge in [0.1, 0.15) is 10.8 Å². The number of methoxy groups -OCH3 is 1. The number of aromatic nitrogens is 1. The summed E-state index contributed by atoms with van der Waals surface area (Å²) in [4.78, 5) is 5.71. The lowest BCUT2D eigenvalue weighted by Gasteiger charge is -2.01. The summed E-state index contributed by atoms with van der Waals surface area (Å²) in [6.45, 7) is 2.18. The predicted octanol–water partition coefficient (Wildman–Crippen LogP) is 2.66. The SMILES string of the molecule is COc1cccc(-c2nc(CCO)c(C)s2)c1. The van der Waals surface area contributed by atoms with Crippen molar-refractivity contribution < 1.29 is 9.84 Å². The lowest BCUT2D eigenvalue weighted by Crippen LogP contribution is -1.92. The van der Waals surface area contributed by atoms with E-state index in [4.69, 9.17) is 9.84 Å². The van der Waals surface area contributed by atoms with Gasteiger partial charge in [-0.05, 0) is 19.1 Å². The van der Waals surface area contributed by atoms with Crippen LogP contribution in [0.15, 0.2) is 24.3 Å². The standard InChI is InChI=1S/C13H15NO2S/c1-9-12(6-7-15)14-13(17-9)10-4-3-5-11(8-10)16-2/h3-5,8,15H,6-7H2,1-2H3. The van der Waals surface area contributed by atoms with E-state index in [1.54, 1.807) is 18.4 Å². The maximum Gasteiger partial charge on any atom is 0.124 e. The zero-order valence-electron chi connectivity index (χ0n) is 9.93. The molecule has 1 aromatic heterocycles. The lowest BCUT2D eigenvalue weighted by molar-refractivity contribution is 0.298. The summed E-state index contributed by atoms with van der Waals surface area (Å²) in [5, 5.41) is 9.93. The Balaban J connectivity index is 2.35. The molecule has 0 radical (unpaired) electrons. The van der Waals surface area contributed by atoms with Gasteiger partial charge in [0.15, 0.2) is 0 Å². The molecule has 2 aromatic rings. The summed E-state index contributed by atoms with van der Waals surface area (Å²) in [5.74, 6) is 0.832. The van der Waals surface area contributed by atoms with Crippen molar-refractivity contribution in [3.63, 3.8) is 0 Å². The monoisotopic (exact) mass is 249 g/mol. The summed E-state index contributed by atoms with van der Waals surface area (Å²) in [7, 11) is 1.66. The van der Waals surface area contributed by atoms with E-state index in [-0.39, 0.29) is 6.61 Å². The molecule has 0 atom stereocenters.